The Bertz CT molecular complexity index is 1630. The Balaban J connectivity index is 1.43. The van der Waals surface area contributed by atoms with Crippen molar-refractivity contribution in [1.82, 2.24) is 15.2 Å². The Labute approximate surface area is 266 Å². The number of fused-ring (bicyclic) bond motifs is 1. The lowest BCUT2D eigenvalue weighted by molar-refractivity contribution is -0.154. The topological polar surface area (TPSA) is 163 Å². The van der Waals surface area contributed by atoms with Crippen molar-refractivity contribution in [2.75, 3.05) is 25.2 Å². The van der Waals surface area contributed by atoms with Crippen LogP contribution >= 0.6 is 23.1 Å². The third-order valence-electron chi connectivity index (χ3n) is 6.77. The summed E-state index contributed by atoms with van der Waals surface area (Å²) in [6.45, 7) is 1.28. The number of thioether (sulfide) groups is 1. The zero-order chi connectivity index (χ0) is 31.9. The molecule has 14 heteroatoms. The predicted molar refractivity (Wildman–Crippen MR) is 169 cm³/mol. The van der Waals surface area contributed by atoms with Crippen LogP contribution in [0.3, 0.4) is 0 Å². The minimum absolute atomic E-state index is 0.0126. The molecule has 12 nitrogen and oxygen atoms in total. The van der Waals surface area contributed by atoms with Gasteiger partial charge in [0.25, 0.3) is 11.8 Å². The Morgan fingerprint density at radius 3 is 2.38 bits per heavy atom. The third-order valence-corrected chi connectivity index (χ3v) is 8.75. The van der Waals surface area contributed by atoms with Crippen molar-refractivity contribution < 1.29 is 33.5 Å². The minimum Gasteiger partial charge on any atom is -0.462 e. The molecule has 3 aromatic rings. The van der Waals surface area contributed by atoms with Gasteiger partial charge in [-0.15, -0.1) is 23.1 Å². The smallest absolute Gasteiger partial charge is 0.356 e. The molecular weight excluding hydrogens is 619 g/mol. The Kier molecular flexibility index (Phi) is 9.95. The molecule has 2 aliphatic rings. The number of nitrogen functional groups attached to an aromatic ring is 1. The van der Waals surface area contributed by atoms with Gasteiger partial charge in [-0.25, -0.2) is 9.78 Å². The Hall–Kier alpha value is -4.95. The average molecular weight is 648 g/mol. The highest BCUT2D eigenvalue weighted by Gasteiger charge is 2.54. The van der Waals surface area contributed by atoms with Crippen molar-refractivity contribution in [3.05, 3.63) is 106 Å². The van der Waals surface area contributed by atoms with E-state index in [2.05, 4.69) is 15.5 Å². The van der Waals surface area contributed by atoms with E-state index in [0.29, 0.717) is 11.3 Å². The number of nitrogens with zero attached hydrogens (tertiary/aromatic N) is 3. The van der Waals surface area contributed by atoms with Crippen molar-refractivity contribution >= 4 is 57.7 Å². The number of β-lactam (4-membered cyclic amide) rings is 1. The molecule has 5 rings (SSSR count). The lowest BCUT2D eigenvalue weighted by Crippen LogP contribution is -2.71. The van der Waals surface area contributed by atoms with E-state index in [0.717, 1.165) is 22.5 Å². The van der Waals surface area contributed by atoms with Crippen LogP contribution in [0.2, 0.25) is 0 Å². The first-order valence-corrected chi connectivity index (χ1v) is 15.6. The maximum atomic E-state index is 14.0. The second-order valence-corrected chi connectivity index (χ2v) is 11.7. The fourth-order valence-corrected chi connectivity index (χ4v) is 6.63. The highest BCUT2D eigenvalue weighted by molar-refractivity contribution is 8.00. The molecule has 0 spiro atoms. The van der Waals surface area contributed by atoms with Crippen LogP contribution in [-0.2, 0) is 33.5 Å². The van der Waals surface area contributed by atoms with Crippen LogP contribution in [0.15, 0.2) is 94.6 Å². The summed E-state index contributed by atoms with van der Waals surface area (Å²) in [7, 11) is 1.29. The number of aromatic nitrogens is 1. The van der Waals surface area contributed by atoms with Crippen LogP contribution in [0, 0.1) is 0 Å². The molecule has 1 saturated heterocycles. The standard InChI is InChI=1S/C31H29N5O7S2/c1-18(37)42-15-9-14-21-16-44-29-24(34-27(38)23(35-41-2)22-17-45-31(32)33-22)28(39)36(29)25(21)30(40)43-26(19-10-5-3-6-11-19)20-12-7-4-8-13-20/h3-14,17,24,26,29H,15-16H2,1-2H3,(H2,32,33)(H,34,38)/b14-9-,35-23-/t24?,29-/m1/s1. The number of hydrogen-bond acceptors (Lipinski definition) is 12. The molecular formula is C31H29N5O7S2. The van der Waals surface area contributed by atoms with Gasteiger partial charge in [-0.05, 0) is 22.8 Å². The summed E-state index contributed by atoms with van der Waals surface area (Å²) in [6.07, 6.45) is 2.47. The van der Waals surface area contributed by atoms with Gasteiger partial charge in [0.05, 0.1) is 0 Å². The number of nitrogens with two attached hydrogens (primary N) is 1. The first-order chi connectivity index (χ1) is 21.8. The van der Waals surface area contributed by atoms with Gasteiger partial charge in [-0.2, -0.15) is 0 Å². The molecule has 0 bridgehead atoms. The quantitative estimate of drug-likeness (QED) is 0.137. The number of hydrogen-bond donors (Lipinski definition) is 2. The third kappa shape index (κ3) is 7.07. The molecule has 1 fully saturated rings. The summed E-state index contributed by atoms with van der Waals surface area (Å²) in [4.78, 5) is 62.3. The van der Waals surface area contributed by atoms with Crippen molar-refractivity contribution in [3.8, 4) is 0 Å². The van der Waals surface area contributed by atoms with Crippen molar-refractivity contribution in [1.29, 1.82) is 0 Å². The molecule has 1 unspecified atom stereocenters. The minimum atomic E-state index is -0.964. The number of benzene rings is 2. The molecule has 0 radical (unpaired) electrons. The highest BCUT2D eigenvalue weighted by Crippen LogP contribution is 2.42. The van der Waals surface area contributed by atoms with E-state index in [4.69, 9.17) is 20.0 Å². The van der Waals surface area contributed by atoms with Crippen molar-refractivity contribution in [2.45, 2.75) is 24.4 Å². The zero-order valence-corrected chi connectivity index (χ0v) is 25.9. The number of anilines is 1. The second-order valence-electron chi connectivity index (χ2n) is 9.74. The van der Waals surface area contributed by atoms with Gasteiger partial charge in [0, 0.05) is 18.1 Å². The number of ether oxygens (including phenoxy) is 2. The van der Waals surface area contributed by atoms with Gasteiger partial charge < -0.3 is 25.4 Å². The van der Waals surface area contributed by atoms with E-state index in [1.165, 1.54) is 30.7 Å². The van der Waals surface area contributed by atoms with Crippen LogP contribution in [-0.4, -0.2) is 70.2 Å². The van der Waals surface area contributed by atoms with Crippen LogP contribution in [0.5, 0.6) is 0 Å². The van der Waals surface area contributed by atoms with Gasteiger partial charge in [0.15, 0.2) is 16.9 Å². The van der Waals surface area contributed by atoms with E-state index in [9.17, 15) is 19.2 Å². The van der Waals surface area contributed by atoms with E-state index in [1.54, 1.807) is 17.5 Å². The van der Waals surface area contributed by atoms with Crippen LogP contribution in [0.25, 0.3) is 0 Å². The number of thiazole rings is 1. The molecule has 2 amide bonds. The van der Waals surface area contributed by atoms with E-state index in [-0.39, 0.29) is 28.8 Å². The summed E-state index contributed by atoms with van der Waals surface area (Å²) < 4.78 is 11.1. The van der Waals surface area contributed by atoms with Gasteiger partial charge in [-0.3, -0.25) is 19.3 Å². The Morgan fingerprint density at radius 1 is 1.13 bits per heavy atom. The SMILES string of the molecule is CO/N=C(\C(=O)NC1C(=O)N2C(C(=O)OC(c3ccccc3)c3ccccc3)=C(/C=C\COC(C)=O)CS[C@H]12)c1csc(N)n1. The van der Waals surface area contributed by atoms with Crippen LogP contribution in [0.4, 0.5) is 5.13 Å². The molecule has 3 heterocycles. The van der Waals surface area contributed by atoms with Gasteiger partial charge in [-0.1, -0.05) is 71.9 Å². The number of amides is 2. The van der Waals surface area contributed by atoms with Gasteiger partial charge in [0.1, 0.15) is 36.5 Å². The zero-order valence-electron chi connectivity index (χ0n) is 24.2. The Morgan fingerprint density at radius 2 is 1.80 bits per heavy atom. The maximum absolute atomic E-state index is 14.0. The molecule has 232 valence electrons. The molecule has 2 aromatic carbocycles. The van der Waals surface area contributed by atoms with E-state index < -0.39 is 41.3 Å². The lowest BCUT2D eigenvalue weighted by atomic mass is 10.0. The summed E-state index contributed by atoms with van der Waals surface area (Å²) >= 11 is 2.49. The van der Waals surface area contributed by atoms with Crippen molar-refractivity contribution in [3.63, 3.8) is 0 Å². The monoisotopic (exact) mass is 647 g/mol. The number of rotatable bonds is 11. The number of carbonyl (C=O) groups is 4. The van der Waals surface area contributed by atoms with E-state index in [1.807, 2.05) is 60.7 Å². The summed E-state index contributed by atoms with van der Waals surface area (Å²) in [5, 5.41) is 7.67. The number of nitrogens with one attached hydrogen (secondary N) is 1. The molecule has 45 heavy (non-hydrogen) atoms. The summed E-state index contributed by atoms with van der Waals surface area (Å²) in [5.41, 5.74) is 7.83. The summed E-state index contributed by atoms with van der Waals surface area (Å²) in [6, 6.07) is 17.6. The normalized spacial score (nSPS) is 18.0. The van der Waals surface area contributed by atoms with Crippen LogP contribution < -0.4 is 11.1 Å². The molecule has 2 atom stereocenters. The first kappa shape index (κ1) is 31.5. The van der Waals surface area contributed by atoms with Crippen molar-refractivity contribution in [2.24, 2.45) is 5.16 Å². The maximum Gasteiger partial charge on any atom is 0.356 e. The average Bonchev–Trinajstić information content (AvgIpc) is 3.48. The highest BCUT2D eigenvalue weighted by atomic mass is 32.2. The molecule has 0 aliphatic carbocycles. The largest absolute Gasteiger partial charge is 0.462 e. The number of carbonyl (C=O) groups excluding carboxylic acids is 4. The number of esters is 2. The molecule has 3 N–H and O–H groups in total. The lowest BCUT2D eigenvalue weighted by Gasteiger charge is -2.49. The van der Waals surface area contributed by atoms with Gasteiger partial charge in [0.2, 0.25) is 0 Å². The molecule has 0 saturated carbocycles. The number of oxime groups is 1. The summed E-state index contributed by atoms with van der Waals surface area (Å²) in [5.74, 6) is -2.06. The van der Waals surface area contributed by atoms with Gasteiger partial charge >= 0.3 is 11.9 Å². The van der Waals surface area contributed by atoms with E-state index >= 15 is 0 Å². The fourth-order valence-electron chi connectivity index (χ4n) is 4.76. The number of allylic oxidation sites excluding steroid dienone is 1. The second kappa shape index (κ2) is 14.2. The first-order valence-electron chi connectivity index (χ1n) is 13.7. The molecule has 2 aliphatic heterocycles. The predicted octanol–water partition coefficient (Wildman–Crippen LogP) is 3.18. The fraction of sp³-hybridized carbons (Fsp3) is 0.226. The van der Waals surface area contributed by atoms with Crippen LogP contribution in [0.1, 0.15) is 29.8 Å². The molecule has 1 aromatic heterocycles.